The average molecular weight is 458 g/mol. The zero-order valence-electron chi connectivity index (χ0n) is 18.0. The number of piperazine rings is 2. The molecule has 0 spiro atoms. The third-order valence-corrected chi connectivity index (χ3v) is 7.81. The van der Waals surface area contributed by atoms with Crippen molar-refractivity contribution in [3.05, 3.63) is 54.2 Å². The number of nitrogens with one attached hydrogen (secondary N) is 1. The summed E-state index contributed by atoms with van der Waals surface area (Å²) in [5, 5.41) is 2.70. The van der Waals surface area contributed by atoms with E-state index in [-0.39, 0.29) is 30.3 Å². The van der Waals surface area contributed by atoms with Crippen LogP contribution in [0.3, 0.4) is 0 Å². The number of aromatic nitrogens is 1. The lowest BCUT2D eigenvalue weighted by Gasteiger charge is -2.38. The van der Waals surface area contributed by atoms with Gasteiger partial charge in [-0.15, -0.1) is 0 Å². The molecule has 170 valence electrons. The molecule has 1 atom stereocenters. The lowest BCUT2D eigenvalue weighted by molar-refractivity contribution is -0.137. The molecule has 9 nitrogen and oxygen atoms in total. The molecular formula is C22H27N5O4S. The van der Waals surface area contributed by atoms with E-state index in [4.69, 9.17) is 0 Å². The van der Waals surface area contributed by atoms with E-state index in [1.165, 1.54) is 16.4 Å². The van der Waals surface area contributed by atoms with Gasteiger partial charge in [-0.05, 0) is 31.2 Å². The fourth-order valence-corrected chi connectivity index (χ4v) is 5.63. The molecule has 3 heterocycles. The number of amides is 2. The second-order valence-electron chi connectivity index (χ2n) is 8.00. The highest BCUT2D eigenvalue weighted by molar-refractivity contribution is 7.89. The van der Waals surface area contributed by atoms with Crippen LogP contribution >= 0.6 is 0 Å². The van der Waals surface area contributed by atoms with Gasteiger partial charge in [0.1, 0.15) is 11.9 Å². The molecule has 2 amide bonds. The summed E-state index contributed by atoms with van der Waals surface area (Å²) in [6, 6.07) is 11.2. The van der Waals surface area contributed by atoms with Crippen LogP contribution in [0.15, 0.2) is 53.6 Å². The molecule has 0 unspecified atom stereocenters. The Labute approximate surface area is 188 Å². The van der Waals surface area contributed by atoms with Crippen molar-refractivity contribution in [2.45, 2.75) is 24.3 Å². The Morgan fingerprint density at radius 1 is 1.06 bits per heavy atom. The lowest BCUT2D eigenvalue weighted by Crippen LogP contribution is -2.59. The predicted molar refractivity (Wildman–Crippen MR) is 120 cm³/mol. The smallest absolute Gasteiger partial charge is 0.243 e. The van der Waals surface area contributed by atoms with Gasteiger partial charge < -0.3 is 15.1 Å². The van der Waals surface area contributed by atoms with Crippen LogP contribution in [0, 0.1) is 6.92 Å². The quantitative estimate of drug-likeness (QED) is 0.706. The first-order valence-electron chi connectivity index (χ1n) is 10.7. The van der Waals surface area contributed by atoms with E-state index in [0.717, 1.165) is 11.4 Å². The molecule has 2 saturated heterocycles. The standard InChI is InChI=1S/C22H27N5O4S/c1-17-5-7-18(8-6-17)32(30,31)27-11-10-24-22(29)19(27)16-21(28)26-14-12-25(13-15-26)20-4-2-3-9-23-20/h2-9,19H,10-16H2,1H3,(H,24,29)/t19-/m1/s1. The molecule has 4 rings (SSSR count). The Morgan fingerprint density at radius 2 is 1.78 bits per heavy atom. The van der Waals surface area contributed by atoms with Gasteiger partial charge in [0.25, 0.3) is 0 Å². The molecule has 1 N–H and O–H groups in total. The van der Waals surface area contributed by atoms with Crippen LogP contribution in [0.1, 0.15) is 12.0 Å². The summed E-state index contributed by atoms with van der Waals surface area (Å²) in [6.07, 6.45) is 1.55. The summed E-state index contributed by atoms with van der Waals surface area (Å²) in [5.74, 6) is 0.200. The molecule has 2 aliphatic heterocycles. The largest absolute Gasteiger partial charge is 0.353 e. The van der Waals surface area contributed by atoms with Gasteiger partial charge in [-0.3, -0.25) is 9.59 Å². The van der Waals surface area contributed by atoms with E-state index in [1.54, 1.807) is 23.2 Å². The molecule has 0 bridgehead atoms. The number of anilines is 1. The van der Waals surface area contributed by atoms with E-state index in [0.29, 0.717) is 26.2 Å². The second-order valence-corrected chi connectivity index (χ2v) is 9.89. The van der Waals surface area contributed by atoms with E-state index in [9.17, 15) is 18.0 Å². The third-order valence-electron chi connectivity index (χ3n) is 5.88. The average Bonchev–Trinajstić information content (AvgIpc) is 2.81. The van der Waals surface area contributed by atoms with E-state index in [1.807, 2.05) is 25.1 Å². The number of pyridine rings is 1. The number of benzene rings is 1. The maximum absolute atomic E-state index is 13.2. The number of carbonyl (C=O) groups is 2. The minimum Gasteiger partial charge on any atom is -0.353 e. The highest BCUT2D eigenvalue weighted by Gasteiger charge is 2.40. The number of rotatable bonds is 5. The van der Waals surface area contributed by atoms with Gasteiger partial charge in [-0.1, -0.05) is 23.8 Å². The monoisotopic (exact) mass is 457 g/mol. The zero-order chi connectivity index (χ0) is 22.7. The summed E-state index contributed by atoms with van der Waals surface area (Å²) in [7, 11) is -3.90. The highest BCUT2D eigenvalue weighted by atomic mass is 32.2. The molecule has 0 saturated carbocycles. The Bertz CT molecular complexity index is 1070. The number of aryl methyl sites for hydroxylation is 1. The van der Waals surface area contributed by atoms with Crippen molar-refractivity contribution in [3.63, 3.8) is 0 Å². The van der Waals surface area contributed by atoms with Crippen molar-refractivity contribution in [2.75, 3.05) is 44.2 Å². The van der Waals surface area contributed by atoms with E-state index < -0.39 is 22.0 Å². The molecule has 2 aliphatic rings. The molecule has 32 heavy (non-hydrogen) atoms. The van der Waals surface area contributed by atoms with Gasteiger partial charge in [0, 0.05) is 45.5 Å². The van der Waals surface area contributed by atoms with Crippen LogP contribution in [0.4, 0.5) is 5.82 Å². The Kier molecular flexibility index (Phi) is 6.43. The van der Waals surface area contributed by atoms with Crippen LogP contribution in [-0.4, -0.2) is 79.7 Å². The lowest BCUT2D eigenvalue weighted by atomic mass is 10.1. The summed E-state index contributed by atoms with van der Waals surface area (Å²) in [5.41, 5.74) is 0.942. The minimum absolute atomic E-state index is 0.124. The van der Waals surface area contributed by atoms with E-state index >= 15 is 0 Å². The molecule has 2 aromatic rings. The SMILES string of the molecule is Cc1ccc(S(=O)(=O)N2CCNC(=O)[C@H]2CC(=O)N2CCN(c3ccccn3)CC2)cc1. The number of nitrogens with zero attached hydrogens (tertiary/aromatic N) is 4. The topological polar surface area (TPSA) is 103 Å². The number of hydrogen-bond acceptors (Lipinski definition) is 6. The maximum atomic E-state index is 13.2. The van der Waals surface area contributed by atoms with Crippen LogP contribution in [0.5, 0.6) is 0 Å². The van der Waals surface area contributed by atoms with Gasteiger partial charge >= 0.3 is 0 Å². The van der Waals surface area contributed by atoms with Crippen LogP contribution in [0.2, 0.25) is 0 Å². The first-order chi connectivity index (χ1) is 15.4. The predicted octanol–water partition coefficient (Wildman–Crippen LogP) is 0.618. The summed E-state index contributed by atoms with van der Waals surface area (Å²) in [6.45, 7) is 4.48. The Balaban J connectivity index is 1.45. The first-order valence-corrected chi connectivity index (χ1v) is 12.1. The molecule has 1 aromatic carbocycles. The zero-order valence-corrected chi connectivity index (χ0v) is 18.8. The number of sulfonamides is 1. The van der Waals surface area contributed by atoms with Gasteiger partial charge in [0.15, 0.2) is 0 Å². The Hall–Kier alpha value is -2.98. The Morgan fingerprint density at radius 3 is 2.44 bits per heavy atom. The highest BCUT2D eigenvalue weighted by Crippen LogP contribution is 2.23. The molecule has 1 aromatic heterocycles. The minimum atomic E-state index is -3.90. The summed E-state index contributed by atoms with van der Waals surface area (Å²) < 4.78 is 27.6. The maximum Gasteiger partial charge on any atom is 0.243 e. The normalized spacial score (nSPS) is 20.2. The van der Waals surface area contributed by atoms with Crippen LogP contribution < -0.4 is 10.2 Å². The van der Waals surface area contributed by atoms with Gasteiger partial charge in [-0.2, -0.15) is 4.31 Å². The number of carbonyl (C=O) groups excluding carboxylic acids is 2. The van der Waals surface area contributed by atoms with Crippen molar-refractivity contribution in [2.24, 2.45) is 0 Å². The number of hydrogen-bond donors (Lipinski definition) is 1. The molecular weight excluding hydrogens is 430 g/mol. The summed E-state index contributed by atoms with van der Waals surface area (Å²) in [4.78, 5) is 33.8. The van der Waals surface area contributed by atoms with Crippen molar-refractivity contribution in [1.82, 2.24) is 19.5 Å². The van der Waals surface area contributed by atoms with Crippen molar-refractivity contribution in [1.29, 1.82) is 0 Å². The molecule has 0 radical (unpaired) electrons. The molecule has 0 aliphatic carbocycles. The van der Waals surface area contributed by atoms with Gasteiger partial charge in [0.05, 0.1) is 11.3 Å². The fraction of sp³-hybridized carbons (Fsp3) is 0.409. The van der Waals surface area contributed by atoms with Crippen molar-refractivity contribution < 1.29 is 18.0 Å². The van der Waals surface area contributed by atoms with Crippen LogP contribution in [-0.2, 0) is 19.6 Å². The second kappa shape index (κ2) is 9.25. The summed E-state index contributed by atoms with van der Waals surface area (Å²) >= 11 is 0. The van der Waals surface area contributed by atoms with E-state index in [2.05, 4.69) is 15.2 Å². The van der Waals surface area contributed by atoms with Gasteiger partial charge in [0.2, 0.25) is 21.8 Å². The molecule has 2 fully saturated rings. The fourth-order valence-electron chi connectivity index (χ4n) is 4.04. The third kappa shape index (κ3) is 4.61. The van der Waals surface area contributed by atoms with Gasteiger partial charge in [-0.25, -0.2) is 13.4 Å². The first kappa shape index (κ1) is 22.2. The molecule has 10 heteroatoms. The van der Waals surface area contributed by atoms with Crippen LogP contribution in [0.25, 0.3) is 0 Å². The van der Waals surface area contributed by atoms with Crippen molar-refractivity contribution >= 4 is 27.7 Å². The van der Waals surface area contributed by atoms with Crippen molar-refractivity contribution in [3.8, 4) is 0 Å².